The highest BCUT2D eigenvalue weighted by molar-refractivity contribution is 5.98. The number of unbranched alkanes of at least 4 members (excludes halogenated alkanes) is 1. The summed E-state index contributed by atoms with van der Waals surface area (Å²) in [6, 6.07) is 2.89. The van der Waals surface area contributed by atoms with E-state index in [9.17, 15) is 23.2 Å². The third kappa shape index (κ3) is 4.82. The molecule has 0 bridgehead atoms. The average molecular weight is 410 g/mol. The fraction of sp³-hybridized carbons (Fsp3) is 0.421. The molecule has 0 saturated heterocycles. The molecule has 0 radical (unpaired) electrons. The van der Waals surface area contributed by atoms with Crippen molar-refractivity contribution in [2.24, 2.45) is 0 Å². The van der Waals surface area contributed by atoms with E-state index in [4.69, 9.17) is 10.5 Å². The van der Waals surface area contributed by atoms with Crippen molar-refractivity contribution in [3.05, 3.63) is 50.7 Å². The predicted octanol–water partition coefficient (Wildman–Crippen LogP) is 2.02. The van der Waals surface area contributed by atoms with Gasteiger partial charge in [0.25, 0.3) is 11.5 Å². The fourth-order valence-electron chi connectivity index (χ4n) is 2.82. The molecule has 1 unspecified atom stereocenters. The van der Waals surface area contributed by atoms with Gasteiger partial charge in [-0.05, 0) is 32.4 Å². The van der Waals surface area contributed by atoms with Crippen LogP contribution in [0.3, 0.4) is 0 Å². The second-order valence-electron chi connectivity index (χ2n) is 6.42. The SMILES string of the molecule is CCCCn1c(N)c(N(CC)C(=O)C(C)Oc2ccc(F)c(F)c2)c(=O)[nH]c1=O. The van der Waals surface area contributed by atoms with Crippen LogP contribution in [0.2, 0.25) is 0 Å². The molecule has 8 nitrogen and oxygen atoms in total. The minimum Gasteiger partial charge on any atom is -0.481 e. The average Bonchev–Trinajstić information content (AvgIpc) is 2.67. The number of anilines is 2. The molecule has 3 N–H and O–H groups in total. The van der Waals surface area contributed by atoms with E-state index in [1.165, 1.54) is 17.6 Å². The van der Waals surface area contributed by atoms with Gasteiger partial charge in [-0.25, -0.2) is 13.6 Å². The number of H-pyrrole nitrogens is 1. The van der Waals surface area contributed by atoms with Crippen LogP contribution < -0.4 is 26.6 Å². The van der Waals surface area contributed by atoms with Gasteiger partial charge in [0, 0.05) is 19.2 Å². The maximum Gasteiger partial charge on any atom is 0.330 e. The van der Waals surface area contributed by atoms with Crippen LogP contribution in [0.4, 0.5) is 20.3 Å². The van der Waals surface area contributed by atoms with Crippen LogP contribution in [0.5, 0.6) is 5.75 Å². The van der Waals surface area contributed by atoms with E-state index in [2.05, 4.69) is 4.98 Å². The second kappa shape index (κ2) is 9.35. The summed E-state index contributed by atoms with van der Waals surface area (Å²) in [5.41, 5.74) is 4.44. The molecule has 0 aliphatic carbocycles. The van der Waals surface area contributed by atoms with Crippen molar-refractivity contribution in [3.8, 4) is 5.75 Å². The highest BCUT2D eigenvalue weighted by atomic mass is 19.2. The number of nitrogen functional groups attached to an aromatic ring is 1. The number of carbonyl (C=O) groups excluding carboxylic acids is 1. The number of rotatable bonds is 8. The Morgan fingerprint density at radius 3 is 2.55 bits per heavy atom. The lowest BCUT2D eigenvalue weighted by atomic mass is 10.2. The molecule has 1 atom stereocenters. The van der Waals surface area contributed by atoms with Crippen LogP contribution in [0.15, 0.2) is 27.8 Å². The van der Waals surface area contributed by atoms with Crippen molar-refractivity contribution < 1.29 is 18.3 Å². The van der Waals surface area contributed by atoms with E-state index in [1.807, 2.05) is 6.92 Å². The summed E-state index contributed by atoms with van der Waals surface area (Å²) in [6.07, 6.45) is 0.330. The van der Waals surface area contributed by atoms with Crippen LogP contribution in [-0.2, 0) is 11.3 Å². The minimum absolute atomic E-state index is 0.0457. The molecule has 1 heterocycles. The van der Waals surface area contributed by atoms with Gasteiger partial charge < -0.3 is 15.4 Å². The summed E-state index contributed by atoms with van der Waals surface area (Å²) in [4.78, 5) is 40.6. The van der Waals surface area contributed by atoms with E-state index < -0.39 is 34.9 Å². The Bertz CT molecular complexity index is 1000. The first kappa shape index (κ1) is 22.1. The van der Waals surface area contributed by atoms with Crippen LogP contribution in [0.25, 0.3) is 0 Å². The van der Waals surface area contributed by atoms with E-state index in [1.54, 1.807) is 6.92 Å². The lowest BCUT2D eigenvalue weighted by Crippen LogP contribution is -2.45. The Balaban J connectivity index is 2.36. The standard InChI is InChI=1S/C19H24F2N4O4/c1-4-6-9-25-16(22)15(17(26)23-19(25)28)24(5-2)18(27)11(3)29-12-7-8-13(20)14(21)10-12/h7-8,10-11H,4-6,9,22H2,1-3H3,(H,23,26,28). The number of likely N-dealkylation sites (N-methyl/N-ethyl adjacent to an activating group) is 1. The third-order valence-electron chi connectivity index (χ3n) is 4.35. The summed E-state index contributed by atoms with van der Waals surface area (Å²) in [5.74, 6) is -2.95. The Morgan fingerprint density at radius 2 is 1.97 bits per heavy atom. The minimum atomic E-state index is -1.13. The summed E-state index contributed by atoms with van der Waals surface area (Å²) < 4.78 is 33.0. The van der Waals surface area contributed by atoms with Gasteiger partial charge in [-0.1, -0.05) is 13.3 Å². The first-order chi connectivity index (χ1) is 13.7. The number of aromatic amines is 1. The Kier molecular flexibility index (Phi) is 7.13. The number of nitrogens with zero attached hydrogens (tertiary/aromatic N) is 2. The van der Waals surface area contributed by atoms with Crippen molar-refractivity contribution in [1.29, 1.82) is 0 Å². The van der Waals surface area contributed by atoms with Crippen molar-refractivity contribution >= 4 is 17.4 Å². The summed E-state index contributed by atoms with van der Waals surface area (Å²) in [6.45, 7) is 5.33. The highest BCUT2D eigenvalue weighted by Crippen LogP contribution is 2.21. The van der Waals surface area contributed by atoms with Crippen molar-refractivity contribution in [1.82, 2.24) is 9.55 Å². The molecule has 0 spiro atoms. The zero-order valence-corrected chi connectivity index (χ0v) is 16.5. The molecule has 0 aliphatic heterocycles. The van der Waals surface area contributed by atoms with Gasteiger partial charge in [0.1, 0.15) is 11.6 Å². The lowest BCUT2D eigenvalue weighted by Gasteiger charge is -2.26. The van der Waals surface area contributed by atoms with Gasteiger partial charge in [0.15, 0.2) is 23.4 Å². The van der Waals surface area contributed by atoms with Gasteiger partial charge in [-0.15, -0.1) is 0 Å². The monoisotopic (exact) mass is 410 g/mol. The molecule has 0 aliphatic rings. The smallest absolute Gasteiger partial charge is 0.330 e. The van der Waals surface area contributed by atoms with Gasteiger partial charge in [0.05, 0.1) is 0 Å². The quantitative estimate of drug-likeness (QED) is 0.692. The maximum atomic E-state index is 13.4. The molecule has 1 aromatic carbocycles. The molecule has 0 fully saturated rings. The first-order valence-electron chi connectivity index (χ1n) is 9.26. The maximum absolute atomic E-state index is 13.4. The molecule has 2 aromatic rings. The molecule has 1 aromatic heterocycles. The number of halogens is 2. The number of benzene rings is 1. The summed E-state index contributed by atoms with van der Waals surface area (Å²) in [5, 5.41) is 0. The molecular weight excluding hydrogens is 386 g/mol. The number of nitrogens with one attached hydrogen (secondary N) is 1. The predicted molar refractivity (Wildman–Crippen MR) is 105 cm³/mol. The molecule has 0 saturated carbocycles. The topological polar surface area (TPSA) is 110 Å². The largest absolute Gasteiger partial charge is 0.481 e. The number of amides is 1. The number of ether oxygens (including phenoxy) is 1. The van der Waals surface area contributed by atoms with E-state index >= 15 is 0 Å². The molecule has 10 heteroatoms. The fourth-order valence-corrected chi connectivity index (χ4v) is 2.82. The normalized spacial score (nSPS) is 11.9. The third-order valence-corrected chi connectivity index (χ3v) is 4.35. The van der Waals surface area contributed by atoms with Crippen LogP contribution in [0, 0.1) is 11.6 Å². The van der Waals surface area contributed by atoms with Gasteiger partial charge in [-0.2, -0.15) is 0 Å². The highest BCUT2D eigenvalue weighted by Gasteiger charge is 2.27. The first-order valence-corrected chi connectivity index (χ1v) is 9.26. The zero-order chi connectivity index (χ0) is 21.7. The van der Waals surface area contributed by atoms with E-state index in [-0.39, 0.29) is 30.3 Å². The Labute approximate surface area is 165 Å². The lowest BCUT2D eigenvalue weighted by molar-refractivity contribution is -0.124. The van der Waals surface area contributed by atoms with E-state index in [0.29, 0.717) is 6.42 Å². The summed E-state index contributed by atoms with van der Waals surface area (Å²) in [7, 11) is 0. The van der Waals surface area contributed by atoms with Gasteiger partial charge in [-0.3, -0.25) is 19.1 Å². The molecule has 1 amide bonds. The molecular formula is C19H24F2N4O4. The van der Waals surface area contributed by atoms with Crippen molar-refractivity contribution in [2.45, 2.75) is 46.3 Å². The van der Waals surface area contributed by atoms with Gasteiger partial charge >= 0.3 is 5.69 Å². The number of carbonyl (C=O) groups is 1. The van der Waals surface area contributed by atoms with E-state index in [0.717, 1.165) is 23.5 Å². The number of hydrogen-bond donors (Lipinski definition) is 2. The number of nitrogens with two attached hydrogens (primary N) is 1. The molecule has 2 rings (SSSR count). The number of aromatic nitrogens is 2. The zero-order valence-electron chi connectivity index (χ0n) is 16.5. The Morgan fingerprint density at radius 1 is 1.28 bits per heavy atom. The van der Waals surface area contributed by atoms with Crippen LogP contribution in [-0.4, -0.2) is 28.1 Å². The van der Waals surface area contributed by atoms with Crippen molar-refractivity contribution in [2.75, 3.05) is 17.2 Å². The number of hydrogen-bond acceptors (Lipinski definition) is 5. The summed E-state index contributed by atoms with van der Waals surface area (Å²) >= 11 is 0. The van der Waals surface area contributed by atoms with Crippen LogP contribution >= 0.6 is 0 Å². The Hall–Kier alpha value is -3.17. The van der Waals surface area contributed by atoms with Gasteiger partial charge in [0.2, 0.25) is 0 Å². The van der Waals surface area contributed by atoms with Crippen molar-refractivity contribution in [3.63, 3.8) is 0 Å². The molecule has 29 heavy (non-hydrogen) atoms. The molecule has 158 valence electrons. The second-order valence-corrected chi connectivity index (χ2v) is 6.42. The van der Waals surface area contributed by atoms with Crippen LogP contribution in [0.1, 0.15) is 33.6 Å².